The molecule has 2 aromatic rings. The minimum absolute atomic E-state index is 0.0530. The molecule has 5 rings (SSSR count). The molecule has 0 spiro atoms. The quantitative estimate of drug-likeness (QED) is 0.931. The third-order valence-electron chi connectivity index (χ3n) is 5.33. The highest BCUT2D eigenvalue weighted by atomic mass is 16.5. The molecule has 22 heavy (non-hydrogen) atoms. The van der Waals surface area contributed by atoms with Gasteiger partial charge in [-0.15, -0.1) is 5.10 Å². The minimum atomic E-state index is 0.0530. The van der Waals surface area contributed by atoms with E-state index in [1.807, 2.05) is 0 Å². The van der Waals surface area contributed by atoms with Crippen molar-refractivity contribution in [3.63, 3.8) is 0 Å². The minimum Gasteiger partial charge on any atom is -0.338 e. The lowest BCUT2D eigenvalue weighted by Crippen LogP contribution is -2.50. The molecular weight excluding hydrogens is 280 g/mol. The van der Waals surface area contributed by atoms with Gasteiger partial charge in [0.15, 0.2) is 0 Å². The van der Waals surface area contributed by atoms with Crippen molar-refractivity contribution >= 4 is 0 Å². The van der Waals surface area contributed by atoms with Gasteiger partial charge in [-0.3, -0.25) is 5.10 Å². The molecule has 0 radical (unpaired) electrons. The molecule has 3 aliphatic rings. The van der Waals surface area contributed by atoms with Crippen LogP contribution < -0.4 is 0 Å². The van der Waals surface area contributed by atoms with E-state index >= 15 is 0 Å². The molecule has 116 valence electrons. The van der Waals surface area contributed by atoms with Crippen molar-refractivity contribution < 1.29 is 4.52 Å². The topological polar surface area (TPSA) is 83.7 Å². The van der Waals surface area contributed by atoms with Crippen molar-refractivity contribution in [1.29, 1.82) is 0 Å². The first kappa shape index (κ1) is 12.8. The van der Waals surface area contributed by atoms with E-state index in [1.54, 1.807) is 0 Å². The molecule has 1 aliphatic carbocycles. The Morgan fingerprint density at radius 3 is 2.68 bits per heavy atom. The number of aromatic amines is 1. The molecule has 2 saturated heterocycles. The Morgan fingerprint density at radius 1 is 1.09 bits per heavy atom. The van der Waals surface area contributed by atoms with E-state index in [0.29, 0.717) is 17.6 Å². The van der Waals surface area contributed by atoms with Gasteiger partial charge in [0.25, 0.3) is 0 Å². The lowest BCUT2D eigenvalue weighted by Gasteiger charge is -2.44. The highest BCUT2D eigenvalue weighted by Crippen LogP contribution is 2.41. The van der Waals surface area contributed by atoms with Crippen molar-refractivity contribution in [3.8, 4) is 11.6 Å². The van der Waals surface area contributed by atoms with Crippen LogP contribution in [0.3, 0.4) is 0 Å². The molecule has 1 saturated carbocycles. The van der Waals surface area contributed by atoms with Gasteiger partial charge in [-0.2, -0.15) is 4.98 Å². The second-order valence-electron chi connectivity index (χ2n) is 7.01. The van der Waals surface area contributed by atoms with Crippen LogP contribution in [0.15, 0.2) is 4.52 Å². The molecule has 2 aliphatic heterocycles. The third kappa shape index (κ3) is 1.99. The fourth-order valence-electron chi connectivity index (χ4n) is 3.99. The predicted molar refractivity (Wildman–Crippen MR) is 78.2 cm³/mol. The molecule has 0 aromatic carbocycles. The summed E-state index contributed by atoms with van der Waals surface area (Å²) in [6.45, 7) is 3.46. The summed E-state index contributed by atoms with van der Waals surface area (Å²) in [6, 6.07) is 0. The molecule has 7 heteroatoms. The summed E-state index contributed by atoms with van der Waals surface area (Å²) in [7, 11) is 0. The van der Waals surface area contributed by atoms with E-state index in [-0.39, 0.29) is 5.41 Å². The van der Waals surface area contributed by atoms with Crippen LogP contribution in [-0.2, 0) is 5.41 Å². The highest BCUT2D eigenvalue weighted by Gasteiger charge is 2.44. The van der Waals surface area contributed by atoms with Gasteiger partial charge in [0.2, 0.25) is 17.5 Å². The van der Waals surface area contributed by atoms with Crippen LogP contribution in [0.2, 0.25) is 0 Å². The average Bonchev–Trinajstić information content (AvgIpc) is 3.07. The van der Waals surface area contributed by atoms with Gasteiger partial charge in [0.1, 0.15) is 5.82 Å². The maximum Gasteiger partial charge on any atom is 0.242 e. The summed E-state index contributed by atoms with van der Waals surface area (Å²) in [5.74, 6) is 3.38. The largest absolute Gasteiger partial charge is 0.338 e. The summed E-state index contributed by atoms with van der Waals surface area (Å²) >= 11 is 0. The molecule has 0 atom stereocenters. The fraction of sp³-hybridized carbons (Fsp3) is 0.733. The summed E-state index contributed by atoms with van der Waals surface area (Å²) in [5, 5.41) is 11.4. The third-order valence-corrected chi connectivity index (χ3v) is 5.33. The Kier molecular flexibility index (Phi) is 2.68. The molecule has 4 heterocycles. The molecule has 1 N–H and O–H groups in total. The van der Waals surface area contributed by atoms with Crippen LogP contribution >= 0.6 is 0 Å². The Balaban J connectivity index is 1.45. The number of nitrogens with zero attached hydrogens (tertiary/aromatic N) is 5. The number of hydrogen-bond acceptors (Lipinski definition) is 6. The SMILES string of the molecule is C1CN2CCCC(c3nc(-c4n[nH]c(C5CC5)n4)no3)(C1)C2. The Labute approximate surface area is 128 Å². The average molecular weight is 300 g/mol. The molecule has 3 fully saturated rings. The van der Waals surface area contributed by atoms with Crippen LogP contribution in [0.1, 0.15) is 56.2 Å². The van der Waals surface area contributed by atoms with Crippen molar-refractivity contribution in [2.75, 3.05) is 19.6 Å². The second kappa shape index (κ2) is 4.62. The maximum absolute atomic E-state index is 5.64. The van der Waals surface area contributed by atoms with Gasteiger partial charge in [-0.25, -0.2) is 4.98 Å². The van der Waals surface area contributed by atoms with Crippen molar-refractivity contribution in [2.24, 2.45) is 0 Å². The Hall–Kier alpha value is -1.76. The summed E-state index contributed by atoms with van der Waals surface area (Å²) in [4.78, 5) is 11.7. The van der Waals surface area contributed by atoms with Crippen LogP contribution in [0, 0.1) is 0 Å². The number of hydrogen-bond donors (Lipinski definition) is 1. The number of rotatable bonds is 3. The predicted octanol–water partition coefficient (Wildman–Crippen LogP) is 1.86. The van der Waals surface area contributed by atoms with Gasteiger partial charge in [0.05, 0.1) is 5.41 Å². The highest BCUT2D eigenvalue weighted by molar-refractivity contribution is 5.41. The van der Waals surface area contributed by atoms with Crippen molar-refractivity contribution in [3.05, 3.63) is 11.7 Å². The van der Waals surface area contributed by atoms with E-state index in [1.165, 1.54) is 38.8 Å². The van der Waals surface area contributed by atoms with Gasteiger partial charge < -0.3 is 9.42 Å². The van der Waals surface area contributed by atoms with E-state index in [9.17, 15) is 0 Å². The first-order chi connectivity index (χ1) is 10.8. The van der Waals surface area contributed by atoms with Gasteiger partial charge in [-0.05, 0) is 51.6 Å². The van der Waals surface area contributed by atoms with E-state index < -0.39 is 0 Å². The summed E-state index contributed by atoms with van der Waals surface area (Å²) in [6.07, 6.45) is 7.11. The zero-order valence-electron chi connectivity index (χ0n) is 12.6. The summed E-state index contributed by atoms with van der Waals surface area (Å²) in [5.41, 5.74) is 0.0530. The smallest absolute Gasteiger partial charge is 0.242 e. The fourth-order valence-corrected chi connectivity index (χ4v) is 3.99. The first-order valence-electron chi connectivity index (χ1n) is 8.32. The van der Waals surface area contributed by atoms with Gasteiger partial charge in [-0.1, -0.05) is 5.16 Å². The van der Waals surface area contributed by atoms with Crippen LogP contribution in [0.5, 0.6) is 0 Å². The molecule has 2 aromatic heterocycles. The number of fused-ring (bicyclic) bond motifs is 2. The Morgan fingerprint density at radius 2 is 1.91 bits per heavy atom. The first-order valence-corrected chi connectivity index (χ1v) is 8.32. The van der Waals surface area contributed by atoms with E-state index in [2.05, 4.69) is 30.2 Å². The molecule has 0 unspecified atom stereocenters. The van der Waals surface area contributed by atoms with Crippen molar-refractivity contribution in [2.45, 2.75) is 49.9 Å². The molecule has 7 nitrogen and oxygen atoms in total. The van der Waals surface area contributed by atoms with Crippen LogP contribution in [-0.4, -0.2) is 49.9 Å². The zero-order chi connectivity index (χ0) is 14.6. The number of nitrogens with one attached hydrogen (secondary N) is 1. The van der Waals surface area contributed by atoms with E-state index in [0.717, 1.165) is 31.1 Å². The standard InChI is InChI=1S/C15H20N6O/c1-5-15(6-2-8-21(7-1)9-15)14-17-13(20-22-14)12-16-11(18-19-12)10-3-4-10/h10H,1-9H2,(H,16,18,19). The van der Waals surface area contributed by atoms with Gasteiger partial charge in [0, 0.05) is 12.5 Å². The number of aromatic nitrogens is 5. The normalized spacial score (nSPS) is 31.4. The van der Waals surface area contributed by atoms with E-state index in [4.69, 9.17) is 4.52 Å². The number of piperidine rings is 2. The van der Waals surface area contributed by atoms with Crippen LogP contribution in [0.25, 0.3) is 11.6 Å². The van der Waals surface area contributed by atoms with Crippen molar-refractivity contribution in [1.82, 2.24) is 30.2 Å². The lowest BCUT2D eigenvalue weighted by atomic mass is 9.73. The maximum atomic E-state index is 5.64. The lowest BCUT2D eigenvalue weighted by molar-refractivity contribution is 0.0711. The molecule has 2 bridgehead atoms. The zero-order valence-corrected chi connectivity index (χ0v) is 12.6. The van der Waals surface area contributed by atoms with Crippen LogP contribution in [0.4, 0.5) is 0 Å². The van der Waals surface area contributed by atoms with Gasteiger partial charge >= 0.3 is 0 Å². The molecule has 0 amide bonds. The molecular formula is C15H20N6O. The second-order valence-corrected chi connectivity index (χ2v) is 7.01. The Bertz CT molecular complexity index is 678. The monoisotopic (exact) mass is 300 g/mol. The number of H-pyrrole nitrogens is 1. The summed E-state index contributed by atoms with van der Waals surface area (Å²) < 4.78 is 5.64.